The molecule has 0 aliphatic carbocycles. The standard InChI is InChI=1S/C22H17FN4O2/c23-17-8-6-15(7-9-17)19-14-24-21(29-19)11-10-20(28)27-18-12-25-22(26-13-18)16-4-2-1-3-5-16/h1-9,12-14H,10-11H2,(H,27,28). The highest BCUT2D eigenvalue weighted by Gasteiger charge is 2.10. The van der Waals surface area contributed by atoms with Crippen molar-refractivity contribution < 1.29 is 13.6 Å². The lowest BCUT2D eigenvalue weighted by Gasteiger charge is -2.05. The number of nitrogens with one attached hydrogen (secondary N) is 1. The third-order valence-corrected chi connectivity index (χ3v) is 4.22. The van der Waals surface area contributed by atoms with Gasteiger partial charge in [0.25, 0.3) is 0 Å². The van der Waals surface area contributed by atoms with Gasteiger partial charge in [-0.05, 0) is 24.3 Å². The van der Waals surface area contributed by atoms with Gasteiger partial charge in [-0.1, -0.05) is 30.3 Å². The quantitative estimate of drug-likeness (QED) is 0.526. The van der Waals surface area contributed by atoms with Crippen molar-refractivity contribution >= 4 is 11.6 Å². The molecule has 2 aromatic heterocycles. The Labute approximate surface area is 166 Å². The Morgan fingerprint density at radius 1 is 0.897 bits per heavy atom. The third-order valence-electron chi connectivity index (χ3n) is 4.22. The molecule has 0 saturated heterocycles. The van der Waals surface area contributed by atoms with Crippen molar-refractivity contribution in [3.05, 3.63) is 84.9 Å². The van der Waals surface area contributed by atoms with Gasteiger partial charge in [0, 0.05) is 24.0 Å². The van der Waals surface area contributed by atoms with Crippen molar-refractivity contribution in [2.24, 2.45) is 0 Å². The number of hydrogen-bond acceptors (Lipinski definition) is 5. The molecule has 0 unspecified atom stereocenters. The summed E-state index contributed by atoms with van der Waals surface area (Å²) in [5.74, 6) is 1.06. The van der Waals surface area contributed by atoms with Crippen LogP contribution in [0, 0.1) is 5.82 Å². The number of carbonyl (C=O) groups excluding carboxylic acids is 1. The molecule has 0 saturated carbocycles. The van der Waals surface area contributed by atoms with Crippen molar-refractivity contribution in [2.45, 2.75) is 12.8 Å². The van der Waals surface area contributed by atoms with E-state index in [0.717, 1.165) is 11.1 Å². The summed E-state index contributed by atoms with van der Waals surface area (Å²) in [7, 11) is 0. The van der Waals surface area contributed by atoms with Gasteiger partial charge in [0.05, 0.1) is 24.3 Å². The van der Waals surface area contributed by atoms with E-state index >= 15 is 0 Å². The number of oxazole rings is 1. The van der Waals surface area contributed by atoms with E-state index in [2.05, 4.69) is 20.3 Å². The average molecular weight is 388 g/mol. The second-order valence-corrected chi connectivity index (χ2v) is 6.33. The number of halogens is 1. The van der Waals surface area contributed by atoms with Crippen LogP contribution in [0.15, 0.2) is 77.6 Å². The fourth-order valence-electron chi connectivity index (χ4n) is 2.75. The molecular weight excluding hydrogens is 371 g/mol. The highest BCUT2D eigenvalue weighted by atomic mass is 19.1. The van der Waals surface area contributed by atoms with Crippen LogP contribution in [0.5, 0.6) is 0 Å². The maximum atomic E-state index is 13.0. The Bertz CT molecular complexity index is 1090. The van der Waals surface area contributed by atoms with Crippen LogP contribution in [-0.4, -0.2) is 20.9 Å². The van der Waals surface area contributed by atoms with E-state index in [1.165, 1.54) is 12.1 Å². The summed E-state index contributed by atoms with van der Waals surface area (Å²) in [5, 5.41) is 2.76. The highest BCUT2D eigenvalue weighted by molar-refractivity contribution is 5.90. The molecule has 144 valence electrons. The molecule has 0 aliphatic heterocycles. The Morgan fingerprint density at radius 2 is 1.62 bits per heavy atom. The van der Waals surface area contributed by atoms with Gasteiger partial charge in [-0.25, -0.2) is 19.3 Å². The highest BCUT2D eigenvalue weighted by Crippen LogP contribution is 2.21. The van der Waals surface area contributed by atoms with Crippen LogP contribution < -0.4 is 5.32 Å². The number of anilines is 1. The first-order valence-corrected chi connectivity index (χ1v) is 9.05. The van der Waals surface area contributed by atoms with Gasteiger partial charge >= 0.3 is 0 Å². The fourth-order valence-corrected chi connectivity index (χ4v) is 2.75. The third kappa shape index (κ3) is 4.70. The van der Waals surface area contributed by atoms with Gasteiger partial charge in [-0.2, -0.15) is 0 Å². The van der Waals surface area contributed by atoms with Gasteiger partial charge in [0.1, 0.15) is 5.82 Å². The Hall–Kier alpha value is -3.87. The summed E-state index contributed by atoms with van der Waals surface area (Å²) in [6.07, 6.45) is 5.26. The number of benzene rings is 2. The summed E-state index contributed by atoms with van der Waals surface area (Å²) in [5.41, 5.74) is 2.16. The first-order chi connectivity index (χ1) is 14.2. The number of carbonyl (C=O) groups is 1. The molecule has 0 radical (unpaired) electrons. The monoisotopic (exact) mass is 388 g/mol. The van der Waals surface area contributed by atoms with Crippen molar-refractivity contribution in [1.29, 1.82) is 0 Å². The summed E-state index contributed by atoms with van der Waals surface area (Å²) in [6.45, 7) is 0. The number of amides is 1. The largest absolute Gasteiger partial charge is 0.441 e. The second kappa shape index (κ2) is 8.43. The zero-order valence-corrected chi connectivity index (χ0v) is 15.4. The Morgan fingerprint density at radius 3 is 2.34 bits per heavy atom. The molecule has 6 nitrogen and oxygen atoms in total. The molecule has 4 rings (SSSR count). The maximum Gasteiger partial charge on any atom is 0.224 e. The normalized spacial score (nSPS) is 10.7. The molecule has 2 heterocycles. The number of aryl methyl sites for hydroxylation is 1. The lowest BCUT2D eigenvalue weighted by atomic mass is 10.2. The van der Waals surface area contributed by atoms with Gasteiger partial charge in [0.15, 0.2) is 17.5 Å². The predicted molar refractivity (Wildman–Crippen MR) is 106 cm³/mol. The van der Waals surface area contributed by atoms with Gasteiger partial charge in [-0.15, -0.1) is 0 Å². The molecular formula is C22H17FN4O2. The molecule has 0 atom stereocenters. The van der Waals surface area contributed by atoms with Crippen LogP contribution in [0.1, 0.15) is 12.3 Å². The summed E-state index contributed by atoms with van der Waals surface area (Å²) >= 11 is 0. The van der Waals surface area contributed by atoms with E-state index in [9.17, 15) is 9.18 Å². The molecule has 4 aromatic rings. The van der Waals surface area contributed by atoms with Crippen LogP contribution in [0.3, 0.4) is 0 Å². The minimum absolute atomic E-state index is 0.192. The zero-order valence-electron chi connectivity index (χ0n) is 15.4. The van der Waals surface area contributed by atoms with Crippen molar-refractivity contribution in [1.82, 2.24) is 15.0 Å². The van der Waals surface area contributed by atoms with E-state index in [4.69, 9.17) is 4.42 Å². The van der Waals surface area contributed by atoms with E-state index in [-0.39, 0.29) is 18.1 Å². The molecule has 0 bridgehead atoms. The lowest BCUT2D eigenvalue weighted by Crippen LogP contribution is -2.13. The zero-order chi connectivity index (χ0) is 20.1. The predicted octanol–water partition coefficient (Wildman–Crippen LogP) is 4.51. The minimum atomic E-state index is -0.314. The fraction of sp³-hybridized carbons (Fsp3) is 0.0909. The van der Waals surface area contributed by atoms with Crippen molar-refractivity contribution in [3.63, 3.8) is 0 Å². The van der Waals surface area contributed by atoms with E-state index < -0.39 is 0 Å². The van der Waals surface area contributed by atoms with Gasteiger partial charge in [-0.3, -0.25) is 4.79 Å². The van der Waals surface area contributed by atoms with Gasteiger partial charge < -0.3 is 9.73 Å². The number of nitrogens with zero attached hydrogens (tertiary/aromatic N) is 3. The van der Waals surface area contributed by atoms with Crippen LogP contribution in [-0.2, 0) is 11.2 Å². The van der Waals surface area contributed by atoms with E-state index in [1.807, 2.05) is 30.3 Å². The Kier molecular flexibility index (Phi) is 5.38. The van der Waals surface area contributed by atoms with Crippen LogP contribution in [0.25, 0.3) is 22.7 Å². The maximum absolute atomic E-state index is 13.0. The van der Waals surface area contributed by atoms with Crippen LogP contribution >= 0.6 is 0 Å². The molecule has 29 heavy (non-hydrogen) atoms. The average Bonchev–Trinajstić information content (AvgIpc) is 3.23. The topological polar surface area (TPSA) is 80.9 Å². The summed E-state index contributed by atoms with van der Waals surface area (Å²) < 4.78 is 18.6. The molecule has 7 heteroatoms. The molecule has 2 aromatic carbocycles. The molecule has 1 amide bonds. The van der Waals surface area contributed by atoms with Gasteiger partial charge in [0.2, 0.25) is 5.91 Å². The first kappa shape index (κ1) is 18.5. The molecule has 0 fully saturated rings. The second-order valence-electron chi connectivity index (χ2n) is 6.33. The summed E-state index contributed by atoms with van der Waals surface area (Å²) in [6, 6.07) is 15.5. The number of hydrogen-bond donors (Lipinski definition) is 1. The number of aromatic nitrogens is 3. The lowest BCUT2D eigenvalue weighted by molar-refractivity contribution is -0.116. The van der Waals surface area contributed by atoms with Crippen LogP contribution in [0.4, 0.5) is 10.1 Å². The van der Waals surface area contributed by atoms with Crippen LogP contribution in [0.2, 0.25) is 0 Å². The Balaban J connectivity index is 1.32. The SMILES string of the molecule is O=C(CCc1ncc(-c2ccc(F)cc2)o1)Nc1cnc(-c2ccccc2)nc1. The molecule has 0 aliphatic rings. The van der Waals surface area contributed by atoms with Crippen molar-refractivity contribution in [3.8, 4) is 22.7 Å². The van der Waals surface area contributed by atoms with E-state index in [1.54, 1.807) is 30.7 Å². The van der Waals surface area contributed by atoms with E-state index in [0.29, 0.717) is 29.6 Å². The number of rotatable bonds is 6. The first-order valence-electron chi connectivity index (χ1n) is 9.05. The van der Waals surface area contributed by atoms with Crippen molar-refractivity contribution in [2.75, 3.05) is 5.32 Å². The minimum Gasteiger partial charge on any atom is -0.441 e. The molecule has 1 N–H and O–H groups in total. The molecule has 0 spiro atoms. The summed E-state index contributed by atoms with van der Waals surface area (Å²) in [4.78, 5) is 24.9. The smallest absolute Gasteiger partial charge is 0.224 e.